The molecule has 19 heavy (non-hydrogen) atoms. The third-order valence-corrected chi connectivity index (χ3v) is 3.97. The fourth-order valence-electron chi connectivity index (χ4n) is 2.45. The predicted octanol–water partition coefficient (Wildman–Crippen LogP) is 3.80. The van der Waals surface area contributed by atoms with Crippen LogP contribution in [0.25, 0.3) is 11.0 Å². The highest BCUT2D eigenvalue weighted by molar-refractivity contribution is 14.1. The Bertz CT molecular complexity index is 580. The fraction of sp³-hybridized carbons (Fsp3) is 0.500. The van der Waals surface area contributed by atoms with Gasteiger partial charge in [-0.15, -0.1) is 11.6 Å². The molecule has 0 unspecified atom stereocenters. The van der Waals surface area contributed by atoms with E-state index in [0.717, 1.165) is 23.3 Å². The largest absolute Gasteiger partial charge is 0.382 e. The molecule has 0 saturated heterocycles. The summed E-state index contributed by atoms with van der Waals surface area (Å²) in [7, 11) is 1.73. The zero-order valence-electron chi connectivity index (χ0n) is 11.4. The van der Waals surface area contributed by atoms with E-state index in [9.17, 15) is 0 Å². The molecular formula is C14H18ClIN2O. The van der Waals surface area contributed by atoms with Gasteiger partial charge in [-0.05, 0) is 54.6 Å². The van der Waals surface area contributed by atoms with Crippen LogP contribution in [0.2, 0.25) is 0 Å². The van der Waals surface area contributed by atoms with Gasteiger partial charge >= 0.3 is 0 Å². The van der Waals surface area contributed by atoms with Gasteiger partial charge in [0.05, 0.1) is 23.2 Å². The molecule has 1 aromatic carbocycles. The zero-order chi connectivity index (χ0) is 14.0. The van der Waals surface area contributed by atoms with Crippen LogP contribution in [0.5, 0.6) is 0 Å². The van der Waals surface area contributed by atoms with Crippen molar-refractivity contribution in [2.75, 3.05) is 19.6 Å². The first-order chi connectivity index (χ1) is 8.99. The molecule has 0 saturated carbocycles. The Kier molecular flexibility index (Phi) is 4.74. The third-order valence-electron chi connectivity index (χ3n) is 3.11. The van der Waals surface area contributed by atoms with Gasteiger partial charge in [0.2, 0.25) is 0 Å². The normalized spacial score (nSPS) is 12.3. The number of aryl methyl sites for hydroxylation is 1. The van der Waals surface area contributed by atoms with Crippen molar-refractivity contribution in [3.63, 3.8) is 0 Å². The van der Waals surface area contributed by atoms with Crippen molar-refractivity contribution < 1.29 is 4.74 Å². The summed E-state index contributed by atoms with van der Waals surface area (Å²) in [5.41, 5.74) is 2.02. The summed E-state index contributed by atoms with van der Waals surface area (Å²) in [6.45, 7) is 4.96. The number of imidazole rings is 1. The molecular weight excluding hydrogens is 375 g/mol. The Morgan fingerprint density at radius 1 is 1.42 bits per heavy atom. The van der Waals surface area contributed by atoms with Crippen molar-refractivity contribution in [1.82, 2.24) is 9.55 Å². The molecule has 0 aliphatic carbocycles. The number of aromatic nitrogens is 2. The average Bonchev–Trinajstić information content (AvgIpc) is 2.67. The summed E-state index contributed by atoms with van der Waals surface area (Å²) in [4.78, 5) is 4.73. The lowest BCUT2D eigenvalue weighted by atomic mass is 10.1. The average molecular weight is 393 g/mol. The topological polar surface area (TPSA) is 27.1 Å². The summed E-state index contributed by atoms with van der Waals surface area (Å²) in [6.07, 6.45) is 0.764. The highest BCUT2D eigenvalue weighted by Crippen LogP contribution is 2.27. The summed E-state index contributed by atoms with van der Waals surface area (Å²) in [6, 6.07) is 6.33. The minimum atomic E-state index is -0.141. The van der Waals surface area contributed by atoms with Gasteiger partial charge in [-0.1, -0.05) is 0 Å². The number of methoxy groups -OCH3 is 1. The molecule has 0 amide bonds. The van der Waals surface area contributed by atoms with Gasteiger partial charge in [0.1, 0.15) is 5.82 Å². The highest BCUT2D eigenvalue weighted by Gasteiger charge is 2.25. The van der Waals surface area contributed by atoms with Crippen LogP contribution in [0.4, 0.5) is 0 Å². The first-order valence-corrected chi connectivity index (χ1v) is 7.83. The number of halogens is 2. The molecule has 0 radical (unpaired) electrons. The second-order valence-corrected chi connectivity index (χ2v) is 6.80. The van der Waals surface area contributed by atoms with E-state index in [2.05, 4.69) is 59.2 Å². The molecule has 1 aromatic heterocycles. The van der Waals surface area contributed by atoms with E-state index in [1.807, 2.05) is 0 Å². The maximum atomic E-state index is 5.91. The molecule has 0 atom stereocenters. The van der Waals surface area contributed by atoms with Crippen LogP contribution in [0.3, 0.4) is 0 Å². The van der Waals surface area contributed by atoms with Crippen LogP contribution >= 0.6 is 34.2 Å². The van der Waals surface area contributed by atoms with Crippen LogP contribution in [0, 0.1) is 3.57 Å². The second kappa shape index (κ2) is 5.97. The maximum Gasteiger partial charge on any atom is 0.111 e. The first-order valence-electron chi connectivity index (χ1n) is 6.22. The molecule has 104 valence electrons. The number of fused-ring (bicyclic) bond motifs is 1. The summed E-state index contributed by atoms with van der Waals surface area (Å²) in [5, 5.41) is 0. The van der Waals surface area contributed by atoms with Gasteiger partial charge in [-0.25, -0.2) is 4.98 Å². The van der Waals surface area contributed by atoms with Gasteiger partial charge in [0, 0.05) is 23.0 Å². The number of alkyl halides is 1. The molecule has 5 heteroatoms. The van der Waals surface area contributed by atoms with Gasteiger partial charge in [0.25, 0.3) is 0 Å². The third kappa shape index (κ3) is 3.06. The van der Waals surface area contributed by atoms with E-state index in [1.165, 1.54) is 3.57 Å². The van der Waals surface area contributed by atoms with Gasteiger partial charge < -0.3 is 9.30 Å². The molecule has 0 bridgehead atoms. The summed E-state index contributed by atoms with van der Waals surface area (Å²) >= 11 is 8.22. The molecule has 0 fully saturated rings. The van der Waals surface area contributed by atoms with Crippen molar-refractivity contribution in [2.45, 2.75) is 25.8 Å². The Morgan fingerprint density at radius 3 is 2.79 bits per heavy atom. The standard InChI is InChI=1S/C14H18ClIN2O/c1-14(2,9-19-3)18-12-5-4-10(16)8-11(12)17-13(18)6-7-15/h4-5,8H,6-7,9H2,1-3H3. The van der Waals surface area contributed by atoms with E-state index in [0.29, 0.717) is 12.5 Å². The van der Waals surface area contributed by atoms with E-state index >= 15 is 0 Å². The lowest BCUT2D eigenvalue weighted by Gasteiger charge is -2.28. The lowest BCUT2D eigenvalue weighted by Crippen LogP contribution is -2.33. The highest BCUT2D eigenvalue weighted by atomic mass is 127. The number of ether oxygens (including phenoxy) is 1. The predicted molar refractivity (Wildman–Crippen MR) is 88.1 cm³/mol. The van der Waals surface area contributed by atoms with E-state index in [-0.39, 0.29) is 5.54 Å². The molecule has 0 aliphatic rings. The Hall–Kier alpha value is -0.330. The van der Waals surface area contributed by atoms with E-state index < -0.39 is 0 Å². The van der Waals surface area contributed by atoms with Crippen molar-refractivity contribution in [3.05, 3.63) is 27.6 Å². The van der Waals surface area contributed by atoms with E-state index in [4.69, 9.17) is 21.3 Å². The Morgan fingerprint density at radius 2 is 2.16 bits per heavy atom. The SMILES string of the molecule is COCC(C)(C)n1c(CCCl)nc2cc(I)ccc21. The molecule has 1 heterocycles. The minimum absolute atomic E-state index is 0.141. The van der Waals surface area contributed by atoms with Gasteiger partial charge in [-0.3, -0.25) is 0 Å². The Balaban J connectivity index is 2.64. The van der Waals surface area contributed by atoms with Crippen LogP contribution < -0.4 is 0 Å². The zero-order valence-corrected chi connectivity index (χ0v) is 14.3. The van der Waals surface area contributed by atoms with Gasteiger partial charge in [-0.2, -0.15) is 0 Å². The van der Waals surface area contributed by atoms with Crippen molar-refractivity contribution in [2.24, 2.45) is 0 Å². The number of rotatable bonds is 5. The molecule has 2 rings (SSSR count). The van der Waals surface area contributed by atoms with Crippen molar-refractivity contribution in [3.8, 4) is 0 Å². The smallest absolute Gasteiger partial charge is 0.111 e. The van der Waals surface area contributed by atoms with Crippen molar-refractivity contribution in [1.29, 1.82) is 0 Å². The monoisotopic (exact) mass is 392 g/mol. The lowest BCUT2D eigenvalue weighted by molar-refractivity contribution is 0.110. The molecule has 3 nitrogen and oxygen atoms in total. The number of benzene rings is 1. The molecule has 0 spiro atoms. The van der Waals surface area contributed by atoms with Crippen LogP contribution in [-0.4, -0.2) is 29.1 Å². The van der Waals surface area contributed by atoms with Crippen LogP contribution in [0.1, 0.15) is 19.7 Å². The summed E-state index contributed by atoms with van der Waals surface area (Å²) < 4.78 is 8.80. The summed E-state index contributed by atoms with van der Waals surface area (Å²) in [5.74, 6) is 1.60. The maximum absolute atomic E-state index is 5.91. The number of hydrogen-bond acceptors (Lipinski definition) is 2. The fourth-order valence-corrected chi connectivity index (χ4v) is 3.09. The quantitative estimate of drug-likeness (QED) is 0.571. The van der Waals surface area contributed by atoms with Crippen LogP contribution in [0.15, 0.2) is 18.2 Å². The van der Waals surface area contributed by atoms with Crippen molar-refractivity contribution >= 4 is 45.2 Å². The molecule has 0 N–H and O–H groups in total. The number of nitrogens with zero attached hydrogens (tertiary/aromatic N) is 2. The van der Waals surface area contributed by atoms with E-state index in [1.54, 1.807) is 7.11 Å². The second-order valence-electron chi connectivity index (χ2n) is 5.18. The molecule has 2 aromatic rings. The van der Waals surface area contributed by atoms with Gasteiger partial charge in [0.15, 0.2) is 0 Å². The van der Waals surface area contributed by atoms with Crippen LogP contribution in [-0.2, 0) is 16.7 Å². The first kappa shape index (κ1) is 15.1. The Labute approximate surface area is 132 Å². The number of hydrogen-bond donors (Lipinski definition) is 0. The minimum Gasteiger partial charge on any atom is -0.382 e. The molecule has 0 aliphatic heterocycles.